The van der Waals surface area contributed by atoms with Gasteiger partial charge >= 0.3 is 0 Å². The van der Waals surface area contributed by atoms with Crippen LogP contribution in [0.5, 0.6) is 0 Å². The lowest BCUT2D eigenvalue weighted by Crippen LogP contribution is -2.18. The predicted molar refractivity (Wildman–Crippen MR) is 71.4 cm³/mol. The molecule has 0 saturated heterocycles. The van der Waals surface area contributed by atoms with Crippen molar-refractivity contribution in [3.63, 3.8) is 0 Å². The molecule has 1 atom stereocenters. The molecule has 0 bridgehead atoms. The van der Waals surface area contributed by atoms with E-state index in [-0.39, 0.29) is 0 Å². The first kappa shape index (κ1) is 9.23. The van der Waals surface area contributed by atoms with Crippen LogP contribution in [0.25, 0.3) is 0 Å². The van der Waals surface area contributed by atoms with E-state index in [0.717, 1.165) is 6.42 Å². The molecule has 4 aliphatic carbocycles. The zero-order chi connectivity index (χ0) is 11.2. The van der Waals surface area contributed by atoms with E-state index in [4.69, 9.17) is 0 Å². The summed E-state index contributed by atoms with van der Waals surface area (Å²) in [7, 11) is 0. The van der Waals surface area contributed by atoms with Gasteiger partial charge in [0.05, 0.1) is 0 Å². The molecular weight excluding hydrogens is 204 g/mol. The average Bonchev–Trinajstić information content (AvgIpc) is 2.59. The zero-order valence-corrected chi connectivity index (χ0v) is 9.69. The van der Waals surface area contributed by atoms with Gasteiger partial charge in [-0.25, -0.2) is 0 Å². The smallest absolute Gasteiger partial charge is 0.0348 e. The molecule has 82 valence electrons. The molecule has 17 heavy (non-hydrogen) atoms. The Morgan fingerprint density at radius 1 is 0.882 bits per heavy atom. The normalized spacial score (nSPS) is 28.2. The Balaban J connectivity index is 2.01. The highest BCUT2D eigenvalue weighted by Gasteiger charge is 2.30. The van der Waals surface area contributed by atoms with Gasteiger partial charge in [0.2, 0.25) is 0 Å². The standard InChI is InChI=1S/C17H14/c1-2-5-13-9-11-15-7-3-6-14-10-8-12(4-1)16(13)17(14)15/h1,3-4,6-11,17H,2,5H2. The lowest BCUT2D eigenvalue weighted by atomic mass is 9.71. The third kappa shape index (κ3) is 1.24. The van der Waals surface area contributed by atoms with Crippen molar-refractivity contribution in [2.24, 2.45) is 5.92 Å². The van der Waals surface area contributed by atoms with Crippen molar-refractivity contribution < 1.29 is 0 Å². The van der Waals surface area contributed by atoms with Crippen LogP contribution in [0.2, 0.25) is 0 Å². The molecule has 1 unspecified atom stereocenters. The molecule has 0 fully saturated rings. The molecule has 0 heteroatoms. The van der Waals surface area contributed by atoms with Crippen LogP contribution in [0, 0.1) is 5.92 Å². The topological polar surface area (TPSA) is 0 Å². The third-order valence-electron chi connectivity index (χ3n) is 4.00. The molecule has 0 saturated carbocycles. The lowest BCUT2D eigenvalue weighted by Gasteiger charge is -2.33. The van der Waals surface area contributed by atoms with E-state index in [1.807, 2.05) is 0 Å². The summed E-state index contributed by atoms with van der Waals surface area (Å²) in [5, 5.41) is 0. The number of allylic oxidation sites excluding steroid dienone is 14. The van der Waals surface area contributed by atoms with Gasteiger partial charge in [-0.2, -0.15) is 0 Å². The monoisotopic (exact) mass is 218 g/mol. The van der Waals surface area contributed by atoms with Crippen LogP contribution in [-0.2, 0) is 0 Å². The maximum atomic E-state index is 2.32. The van der Waals surface area contributed by atoms with Crippen LogP contribution in [0.15, 0.2) is 82.5 Å². The average molecular weight is 218 g/mol. The summed E-state index contributed by atoms with van der Waals surface area (Å²) >= 11 is 0. The highest BCUT2D eigenvalue weighted by molar-refractivity contribution is 5.65. The van der Waals surface area contributed by atoms with E-state index in [9.17, 15) is 0 Å². The molecule has 0 aromatic heterocycles. The fraction of sp³-hybridized carbons (Fsp3) is 0.176. The predicted octanol–water partition coefficient (Wildman–Crippen LogP) is 4.18. The van der Waals surface area contributed by atoms with Crippen molar-refractivity contribution in [2.45, 2.75) is 12.8 Å². The van der Waals surface area contributed by atoms with Gasteiger partial charge in [0.1, 0.15) is 0 Å². The second kappa shape index (κ2) is 3.33. The Morgan fingerprint density at radius 3 is 2.82 bits per heavy atom. The van der Waals surface area contributed by atoms with E-state index >= 15 is 0 Å². The molecule has 0 aromatic rings. The quantitative estimate of drug-likeness (QED) is 0.572. The van der Waals surface area contributed by atoms with Crippen LogP contribution in [0.1, 0.15) is 12.8 Å². The Morgan fingerprint density at radius 2 is 1.82 bits per heavy atom. The van der Waals surface area contributed by atoms with Gasteiger partial charge in [-0.3, -0.25) is 0 Å². The minimum Gasteiger partial charge on any atom is -0.0836 e. The van der Waals surface area contributed by atoms with E-state index in [1.54, 1.807) is 5.57 Å². The molecule has 0 amide bonds. The van der Waals surface area contributed by atoms with Crippen LogP contribution in [0.4, 0.5) is 0 Å². The molecule has 0 aromatic carbocycles. The highest BCUT2D eigenvalue weighted by Crippen LogP contribution is 2.45. The van der Waals surface area contributed by atoms with Crippen molar-refractivity contribution in [3.05, 3.63) is 82.5 Å². The van der Waals surface area contributed by atoms with E-state index in [1.165, 1.54) is 28.7 Å². The molecule has 0 spiro atoms. The van der Waals surface area contributed by atoms with Crippen molar-refractivity contribution in [3.8, 4) is 0 Å². The number of rotatable bonds is 0. The van der Waals surface area contributed by atoms with Gasteiger partial charge in [0, 0.05) is 5.92 Å². The SMILES string of the molecule is C1=CC2=CC=C3C=CCCC4=C3C2C(=C1)C=C4. The lowest BCUT2D eigenvalue weighted by molar-refractivity contribution is 0.834. The van der Waals surface area contributed by atoms with Gasteiger partial charge in [-0.15, -0.1) is 0 Å². The Bertz CT molecular complexity index is 598. The summed E-state index contributed by atoms with van der Waals surface area (Å²) in [6, 6.07) is 0. The summed E-state index contributed by atoms with van der Waals surface area (Å²) < 4.78 is 0. The number of hydrogen-bond acceptors (Lipinski definition) is 0. The van der Waals surface area contributed by atoms with Crippen molar-refractivity contribution >= 4 is 0 Å². The van der Waals surface area contributed by atoms with Crippen LogP contribution >= 0.6 is 0 Å². The zero-order valence-electron chi connectivity index (χ0n) is 9.69. The minimum atomic E-state index is 0.503. The van der Waals surface area contributed by atoms with Crippen LogP contribution in [0.3, 0.4) is 0 Å². The first-order chi connectivity index (χ1) is 8.43. The summed E-state index contributed by atoms with van der Waals surface area (Å²) in [6.07, 6.45) is 22.8. The molecule has 0 aliphatic heterocycles. The molecule has 0 radical (unpaired) electrons. The van der Waals surface area contributed by atoms with E-state index in [2.05, 4.69) is 54.7 Å². The summed E-state index contributed by atoms with van der Waals surface area (Å²) in [5.41, 5.74) is 7.38. The second-order valence-electron chi connectivity index (χ2n) is 4.96. The van der Waals surface area contributed by atoms with Crippen molar-refractivity contribution in [1.82, 2.24) is 0 Å². The number of hydrogen-bond donors (Lipinski definition) is 0. The van der Waals surface area contributed by atoms with Crippen LogP contribution < -0.4 is 0 Å². The molecular formula is C17H14. The highest BCUT2D eigenvalue weighted by atomic mass is 14.3. The fourth-order valence-electron chi connectivity index (χ4n) is 3.20. The third-order valence-corrected chi connectivity index (χ3v) is 4.00. The van der Waals surface area contributed by atoms with Gasteiger partial charge in [0.25, 0.3) is 0 Å². The Kier molecular flexibility index (Phi) is 1.81. The van der Waals surface area contributed by atoms with Gasteiger partial charge < -0.3 is 0 Å². The maximum Gasteiger partial charge on any atom is 0.0348 e. The Hall–Kier alpha value is -1.82. The fourth-order valence-corrected chi connectivity index (χ4v) is 3.20. The molecule has 0 nitrogen and oxygen atoms in total. The van der Waals surface area contributed by atoms with Crippen molar-refractivity contribution in [2.75, 3.05) is 0 Å². The maximum absolute atomic E-state index is 2.32. The van der Waals surface area contributed by atoms with Crippen molar-refractivity contribution in [1.29, 1.82) is 0 Å². The molecule has 4 aliphatic rings. The van der Waals surface area contributed by atoms with E-state index < -0.39 is 0 Å². The first-order valence-corrected chi connectivity index (χ1v) is 6.32. The summed E-state index contributed by atoms with van der Waals surface area (Å²) in [6.45, 7) is 0. The minimum absolute atomic E-state index is 0.503. The molecule has 0 N–H and O–H groups in total. The van der Waals surface area contributed by atoms with Gasteiger partial charge in [-0.05, 0) is 40.7 Å². The summed E-state index contributed by atoms with van der Waals surface area (Å²) in [4.78, 5) is 0. The molecule has 0 heterocycles. The molecule has 4 rings (SSSR count). The van der Waals surface area contributed by atoms with E-state index in [0.29, 0.717) is 5.92 Å². The first-order valence-electron chi connectivity index (χ1n) is 6.32. The Labute approximate surface area is 102 Å². The van der Waals surface area contributed by atoms with Gasteiger partial charge in [0.15, 0.2) is 0 Å². The van der Waals surface area contributed by atoms with Crippen LogP contribution in [-0.4, -0.2) is 0 Å². The van der Waals surface area contributed by atoms with Gasteiger partial charge in [-0.1, -0.05) is 54.7 Å². The largest absolute Gasteiger partial charge is 0.0836 e. The summed E-state index contributed by atoms with van der Waals surface area (Å²) in [5.74, 6) is 0.503. The second-order valence-corrected chi connectivity index (χ2v) is 4.96.